The highest BCUT2D eigenvalue weighted by Gasteiger charge is 2.25. The van der Waals surface area contributed by atoms with Crippen LogP contribution < -0.4 is 9.47 Å². The smallest absolute Gasteiger partial charge is 0.256 e. The zero-order valence-corrected chi connectivity index (χ0v) is 14.2. The summed E-state index contributed by atoms with van der Waals surface area (Å²) < 4.78 is 10.9. The molecular weight excluding hydrogens is 347 g/mol. The molecule has 3 nitrogen and oxygen atoms in total. The van der Waals surface area contributed by atoms with E-state index >= 15 is 0 Å². The predicted octanol–water partition coefficient (Wildman–Crippen LogP) is 5.27. The van der Waals surface area contributed by atoms with Gasteiger partial charge >= 0.3 is 0 Å². The number of ether oxygens (including phenoxy) is 2. The van der Waals surface area contributed by atoms with Gasteiger partial charge in [-0.1, -0.05) is 53.5 Å². The van der Waals surface area contributed by atoms with E-state index in [4.69, 9.17) is 44.3 Å². The highest BCUT2D eigenvalue weighted by Crippen LogP contribution is 2.45. The first-order valence-electron chi connectivity index (χ1n) is 6.39. The lowest BCUT2D eigenvalue weighted by molar-refractivity contribution is 0.107. The maximum absolute atomic E-state index is 11.6. The molecule has 2 aromatic rings. The molecule has 0 unspecified atom stereocenters. The first-order valence-corrected chi connectivity index (χ1v) is 7.52. The van der Waals surface area contributed by atoms with E-state index < -0.39 is 5.24 Å². The van der Waals surface area contributed by atoms with Crippen LogP contribution in [0.25, 0.3) is 0 Å². The number of rotatable bonds is 5. The van der Waals surface area contributed by atoms with E-state index in [0.717, 1.165) is 5.56 Å². The Morgan fingerprint density at radius 3 is 2.27 bits per heavy atom. The van der Waals surface area contributed by atoms with E-state index in [2.05, 4.69) is 0 Å². The summed E-state index contributed by atoms with van der Waals surface area (Å²) in [7, 11) is 1.40. The van der Waals surface area contributed by atoms with Crippen molar-refractivity contribution in [1.29, 1.82) is 0 Å². The Bertz CT molecular complexity index is 700. The number of hydrogen-bond donors (Lipinski definition) is 0. The van der Waals surface area contributed by atoms with Crippen molar-refractivity contribution in [3.05, 3.63) is 57.1 Å². The van der Waals surface area contributed by atoms with Crippen molar-refractivity contribution >= 4 is 40.0 Å². The third-order valence-corrected chi connectivity index (χ3v) is 4.14. The Kier molecular flexibility index (Phi) is 5.57. The van der Waals surface area contributed by atoms with Crippen LogP contribution >= 0.6 is 34.8 Å². The normalized spacial score (nSPS) is 10.4. The molecule has 6 heteroatoms. The summed E-state index contributed by atoms with van der Waals surface area (Å²) in [5, 5.41) is -0.323. The van der Waals surface area contributed by atoms with Gasteiger partial charge in [-0.25, -0.2) is 0 Å². The minimum Gasteiger partial charge on any atom is -0.494 e. The molecule has 22 heavy (non-hydrogen) atoms. The predicted molar refractivity (Wildman–Crippen MR) is 88.7 cm³/mol. The number of benzene rings is 2. The van der Waals surface area contributed by atoms with Crippen LogP contribution in [-0.2, 0) is 6.61 Å². The van der Waals surface area contributed by atoms with Crippen molar-refractivity contribution in [1.82, 2.24) is 0 Å². The van der Waals surface area contributed by atoms with Crippen molar-refractivity contribution in [3.8, 4) is 11.5 Å². The van der Waals surface area contributed by atoms with Crippen LogP contribution in [0.2, 0.25) is 10.0 Å². The van der Waals surface area contributed by atoms with Crippen molar-refractivity contribution in [2.75, 3.05) is 7.11 Å². The number of hydrogen-bond acceptors (Lipinski definition) is 3. The van der Waals surface area contributed by atoms with Gasteiger partial charge in [-0.15, -0.1) is 0 Å². The van der Waals surface area contributed by atoms with Gasteiger partial charge in [0, 0.05) is 0 Å². The second-order valence-electron chi connectivity index (χ2n) is 4.54. The van der Waals surface area contributed by atoms with Gasteiger partial charge in [0.15, 0.2) is 11.5 Å². The highest BCUT2D eigenvalue weighted by molar-refractivity contribution is 6.68. The Morgan fingerprint density at radius 2 is 1.73 bits per heavy atom. The van der Waals surface area contributed by atoms with E-state index in [9.17, 15) is 4.79 Å². The van der Waals surface area contributed by atoms with Gasteiger partial charge in [-0.3, -0.25) is 4.79 Å². The largest absolute Gasteiger partial charge is 0.494 e. The minimum atomic E-state index is -0.687. The minimum absolute atomic E-state index is 0.123. The second kappa shape index (κ2) is 7.23. The molecule has 0 aliphatic carbocycles. The van der Waals surface area contributed by atoms with Crippen molar-refractivity contribution < 1.29 is 14.3 Å². The van der Waals surface area contributed by atoms with E-state index in [1.807, 2.05) is 30.3 Å². The van der Waals surface area contributed by atoms with Crippen LogP contribution in [0.4, 0.5) is 0 Å². The summed E-state index contributed by atoms with van der Waals surface area (Å²) in [4.78, 5) is 11.6. The third-order valence-electron chi connectivity index (χ3n) is 3.16. The van der Waals surface area contributed by atoms with Crippen molar-refractivity contribution in [3.63, 3.8) is 0 Å². The summed E-state index contributed by atoms with van der Waals surface area (Å²) in [6, 6.07) is 9.56. The topological polar surface area (TPSA) is 35.5 Å². The average Bonchev–Trinajstić information content (AvgIpc) is 2.51. The lowest BCUT2D eigenvalue weighted by atomic mass is 10.1. The van der Waals surface area contributed by atoms with Gasteiger partial charge in [-0.05, 0) is 29.7 Å². The van der Waals surface area contributed by atoms with Gasteiger partial charge in [0.25, 0.3) is 5.24 Å². The summed E-state index contributed by atoms with van der Waals surface area (Å²) >= 11 is 18.1. The maximum atomic E-state index is 11.6. The lowest BCUT2D eigenvalue weighted by Crippen LogP contribution is -2.04. The molecule has 2 rings (SSSR count). The fraction of sp³-hybridized carbons (Fsp3) is 0.188. The molecule has 0 aromatic heterocycles. The van der Waals surface area contributed by atoms with Crippen LogP contribution in [-0.4, -0.2) is 12.4 Å². The zero-order valence-electron chi connectivity index (χ0n) is 12.0. The van der Waals surface area contributed by atoms with Gasteiger partial charge in [-0.2, -0.15) is 0 Å². The van der Waals surface area contributed by atoms with E-state index in [1.165, 1.54) is 7.11 Å². The van der Waals surface area contributed by atoms with Crippen molar-refractivity contribution in [2.45, 2.75) is 13.5 Å². The number of halogens is 3. The van der Waals surface area contributed by atoms with Crippen LogP contribution in [0, 0.1) is 6.92 Å². The molecule has 0 spiro atoms. The summed E-state index contributed by atoms with van der Waals surface area (Å²) in [6.07, 6.45) is 0. The fourth-order valence-corrected chi connectivity index (χ4v) is 2.88. The molecule has 0 bridgehead atoms. The van der Waals surface area contributed by atoms with Crippen LogP contribution in [0.5, 0.6) is 11.5 Å². The first-order chi connectivity index (χ1) is 10.5. The number of carbonyl (C=O) groups excluding carboxylic acids is 1. The first kappa shape index (κ1) is 16.9. The molecule has 0 aliphatic rings. The van der Waals surface area contributed by atoms with Gasteiger partial charge < -0.3 is 9.47 Å². The maximum Gasteiger partial charge on any atom is 0.256 e. The molecule has 0 aliphatic heterocycles. The molecule has 0 heterocycles. The van der Waals surface area contributed by atoms with E-state index in [0.29, 0.717) is 5.56 Å². The Balaban J connectivity index is 2.44. The summed E-state index contributed by atoms with van der Waals surface area (Å²) in [6.45, 7) is 1.95. The lowest BCUT2D eigenvalue weighted by Gasteiger charge is -2.17. The molecule has 0 atom stereocenters. The van der Waals surface area contributed by atoms with Crippen LogP contribution in [0.15, 0.2) is 30.3 Å². The molecule has 0 saturated carbocycles. The average molecular weight is 360 g/mol. The molecule has 0 saturated heterocycles. The molecule has 116 valence electrons. The van der Waals surface area contributed by atoms with Crippen LogP contribution in [0.3, 0.4) is 0 Å². The SMILES string of the molecule is COc1c(Cl)c(OCc2ccccc2)c(Cl)c(C)c1C(=O)Cl. The molecule has 0 fully saturated rings. The number of methoxy groups -OCH3 is 1. The zero-order chi connectivity index (χ0) is 16.3. The fourth-order valence-electron chi connectivity index (χ4n) is 2.04. The van der Waals surface area contributed by atoms with Gasteiger partial charge in [0.1, 0.15) is 11.6 Å². The standard InChI is InChI=1S/C16H13Cl3O3/c1-9-11(16(19)20)14(21-2)13(18)15(12(9)17)22-8-10-6-4-3-5-7-10/h3-7H,8H2,1-2H3. The molecule has 0 amide bonds. The second-order valence-corrected chi connectivity index (χ2v) is 5.64. The Hall–Kier alpha value is -1.42. The molecule has 0 N–H and O–H groups in total. The Morgan fingerprint density at radius 1 is 1.09 bits per heavy atom. The highest BCUT2D eigenvalue weighted by atomic mass is 35.5. The molecular formula is C16H13Cl3O3. The molecule has 2 aromatic carbocycles. The monoisotopic (exact) mass is 358 g/mol. The van der Waals surface area contributed by atoms with Gasteiger partial charge in [0.05, 0.1) is 17.7 Å². The quantitative estimate of drug-likeness (QED) is 0.682. The van der Waals surface area contributed by atoms with Gasteiger partial charge in [0.2, 0.25) is 0 Å². The van der Waals surface area contributed by atoms with Crippen molar-refractivity contribution in [2.24, 2.45) is 0 Å². The number of carbonyl (C=O) groups is 1. The van der Waals surface area contributed by atoms with Crippen LogP contribution in [0.1, 0.15) is 21.5 Å². The Labute approximate surface area is 143 Å². The third kappa shape index (κ3) is 3.32. The van der Waals surface area contributed by atoms with E-state index in [-0.39, 0.29) is 33.7 Å². The molecule has 0 radical (unpaired) electrons. The van der Waals surface area contributed by atoms with E-state index in [1.54, 1.807) is 6.92 Å². The summed E-state index contributed by atoms with van der Waals surface area (Å²) in [5.41, 5.74) is 1.57. The summed E-state index contributed by atoms with van der Waals surface area (Å²) in [5.74, 6) is 0.426.